The monoisotopic (exact) mass is 263 g/mol. The molecule has 1 aliphatic heterocycles. The molecule has 1 aromatic carbocycles. The first-order chi connectivity index (χ1) is 9.26. The SMILES string of the molecule is CC[C@H](N)c1ccccc1N1CCN(CCO)CC1. The molecule has 0 aromatic heterocycles. The number of β-amino-alcohol motifs (C(OH)–C–C–N with tert-alkyl or cyclic N) is 1. The highest BCUT2D eigenvalue weighted by atomic mass is 16.3. The maximum Gasteiger partial charge on any atom is 0.0558 e. The largest absolute Gasteiger partial charge is 0.395 e. The molecule has 1 heterocycles. The van der Waals surface area contributed by atoms with Crippen LogP contribution in [0, 0.1) is 0 Å². The van der Waals surface area contributed by atoms with Crippen LogP contribution in [-0.4, -0.2) is 49.3 Å². The van der Waals surface area contributed by atoms with Crippen LogP contribution in [0.3, 0.4) is 0 Å². The Kier molecular flexibility index (Phi) is 5.19. The summed E-state index contributed by atoms with van der Waals surface area (Å²) in [5.41, 5.74) is 8.74. The number of rotatable bonds is 5. The molecule has 4 nitrogen and oxygen atoms in total. The third-order valence-electron chi connectivity index (χ3n) is 3.91. The Morgan fingerprint density at radius 1 is 1.21 bits per heavy atom. The van der Waals surface area contributed by atoms with E-state index in [0.717, 1.165) is 39.1 Å². The third kappa shape index (κ3) is 3.47. The smallest absolute Gasteiger partial charge is 0.0558 e. The predicted octanol–water partition coefficient (Wildman–Crippen LogP) is 1.21. The number of para-hydroxylation sites is 1. The Bertz CT molecular complexity index is 389. The number of benzene rings is 1. The van der Waals surface area contributed by atoms with E-state index in [9.17, 15) is 0 Å². The van der Waals surface area contributed by atoms with Crippen LogP contribution in [0.4, 0.5) is 5.69 Å². The molecule has 1 aliphatic rings. The Balaban J connectivity index is 2.07. The molecule has 106 valence electrons. The van der Waals surface area contributed by atoms with Gasteiger partial charge < -0.3 is 15.7 Å². The fourth-order valence-electron chi connectivity index (χ4n) is 2.66. The van der Waals surface area contributed by atoms with Crippen LogP contribution in [0.2, 0.25) is 0 Å². The van der Waals surface area contributed by atoms with Gasteiger partial charge in [0.05, 0.1) is 6.61 Å². The minimum Gasteiger partial charge on any atom is -0.395 e. The number of nitrogens with zero attached hydrogens (tertiary/aromatic N) is 2. The van der Waals surface area contributed by atoms with Crippen LogP contribution < -0.4 is 10.6 Å². The Morgan fingerprint density at radius 3 is 2.53 bits per heavy atom. The van der Waals surface area contributed by atoms with Crippen molar-refractivity contribution in [1.82, 2.24) is 4.90 Å². The summed E-state index contributed by atoms with van der Waals surface area (Å²) < 4.78 is 0. The zero-order chi connectivity index (χ0) is 13.7. The van der Waals surface area contributed by atoms with Gasteiger partial charge in [-0.2, -0.15) is 0 Å². The quantitative estimate of drug-likeness (QED) is 0.838. The fraction of sp³-hybridized carbons (Fsp3) is 0.600. The van der Waals surface area contributed by atoms with Gasteiger partial charge in [-0.05, 0) is 18.1 Å². The molecule has 0 bridgehead atoms. The molecule has 0 unspecified atom stereocenters. The molecule has 0 radical (unpaired) electrons. The maximum absolute atomic E-state index is 8.98. The van der Waals surface area contributed by atoms with Crippen LogP contribution in [0.15, 0.2) is 24.3 Å². The number of hydrogen-bond donors (Lipinski definition) is 2. The third-order valence-corrected chi connectivity index (χ3v) is 3.91. The Labute approximate surface area is 115 Å². The van der Waals surface area contributed by atoms with Gasteiger partial charge in [0, 0.05) is 44.5 Å². The standard InChI is InChI=1S/C15H25N3O/c1-2-14(16)13-5-3-4-6-15(13)18-9-7-17(8-10-18)11-12-19/h3-6,14,19H,2,7-12,16H2,1H3/t14-/m0/s1. The number of hydrogen-bond acceptors (Lipinski definition) is 4. The van der Waals surface area contributed by atoms with E-state index < -0.39 is 0 Å². The zero-order valence-electron chi connectivity index (χ0n) is 11.8. The van der Waals surface area contributed by atoms with Crippen LogP contribution in [0.5, 0.6) is 0 Å². The molecule has 3 N–H and O–H groups in total. The number of anilines is 1. The lowest BCUT2D eigenvalue weighted by molar-refractivity contribution is 0.188. The summed E-state index contributed by atoms with van der Waals surface area (Å²) in [7, 11) is 0. The first-order valence-electron chi connectivity index (χ1n) is 7.19. The van der Waals surface area contributed by atoms with Crippen molar-refractivity contribution in [1.29, 1.82) is 0 Å². The van der Waals surface area contributed by atoms with Crippen molar-refractivity contribution < 1.29 is 5.11 Å². The van der Waals surface area contributed by atoms with Gasteiger partial charge in [0.2, 0.25) is 0 Å². The molecule has 1 fully saturated rings. The molecule has 1 atom stereocenters. The van der Waals surface area contributed by atoms with E-state index in [1.165, 1.54) is 11.3 Å². The summed E-state index contributed by atoms with van der Waals surface area (Å²) in [6, 6.07) is 8.58. The number of aliphatic hydroxyl groups excluding tert-OH is 1. The minimum absolute atomic E-state index is 0.117. The van der Waals surface area contributed by atoms with E-state index >= 15 is 0 Å². The van der Waals surface area contributed by atoms with Crippen LogP contribution >= 0.6 is 0 Å². The lowest BCUT2D eigenvalue weighted by Gasteiger charge is -2.37. The zero-order valence-corrected chi connectivity index (χ0v) is 11.8. The van der Waals surface area contributed by atoms with Crippen molar-refractivity contribution in [2.45, 2.75) is 19.4 Å². The Hall–Kier alpha value is -1.10. The van der Waals surface area contributed by atoms with E-state index in [0.29, 0.717) is 0 Å². The molecule has 4 heteroatoms. The average molecular weight is 263 g/mol. The van der Waals surface area contributed by atoms with Gasteiger partial charge in [0.1, 0.15) is 0 Å². The summed E-state index contributed by atoms with van der Waals surface area (Å²) >= 11 is 0. The van der Waals surface area contributed by atoms with Crippen LogP contribution in [0.1, 0.15) is 24.9 Å². The lowest BCUT2D eigenvalue weighted by atomic mass is 10.0. The number of nitrogens with two attached hydrogens (primary N) is 1. The lowest BCUT2D eigenvalue weighted by Crippen LogP contribution is -2.47. The predicted molar refractivity (Wildman–Crippen MR) is 79.4 cm³/mol. The second kappa shape index (κ2) is 6.89. The Morgan fingerprint density at radius 2 is 1.89 bits per heavy atom. The summed E-state index contributed by atoms with van der Waals surface area (Å²) in [5, 5.41) is 8.98. The molecule has 1 saturated heterocycles. The molecule has 19 heavy (non-hydrogen) atoms. The van der Waals surface area contributed by atoms with Crippen LogP contribution in [0.25, 0.3) is 0 Å². The molecular formula is C15H25N3O. The maximum atomic E-state index is 8.98. The summed E-state index contributed by atoms with van der Waals surface area (Å²) in [4.78, 5) is 4.72. The van der Waals surface area contributed by atoms with Crippen molar-refractivity contribution >= 4 is 5.69 Å². The molecule has 0 spiro atoms. The van der Waals surface area contributed by atoms with Gasteiger partial charge in [-0.25, -0.2) is 0 Å². The van der Waals surface area contributed by atoms with Gasteiger partial charge in [-0.1, -0.05) is 25.1 Å². The molecule has 0 saturated carbocycles. The van der Waals surface area contributed by atoms with E-state index in [4.69, 9.17) is 10.8 Å². The van der Waals surface area contributed by atoms with E-state index in [1.54, 1.807) is 0 Å². The van der Waals surface area contributed by atoms with Gasteiger partial charge in [0.15, 0.2) is 0 Å². The van der Waals surface area contributed by atoms with Crippen molar-refractivity contribution in [3.63, 3.8) is 0 Å². The number of aliphatic hydroxyl groups is 1. The van der Waals surface area contributed by atoms with Gasteiger partial charge in [0.25, 0.3) is 0 Å². The molecular weight excluding hydrogens is 238 g/mol. The first-order valence-corrected chi connectivity index (χ1v) is 7.19. The fourth-order valence-corrected chi connectivity index (χ4v) is 2.66. The summed E-state index contributed by atoms with van der Waals surface area (Å²) in [6.07, 6.45) is 0.960. The minimum atomic E-state index is 0.117. The first kappa shape index (κ1) is 14.3. The highest BCUT2D eigenvalue weighted by Crippen LogP contribution is 2.27. The molecule has 0 aliphatic carbocycles. The highest BCUT2D eigenvalue weighted by molar-refractivity contribution is 5.55. The normalized spacial score (nSPS) is 18.6. The average Bonchev–Trinajstić information content (AvgIpc) is 2.47. The van der Waals surface area contributed by atoms with Gasteiger partial charge >= 0.3 is 0 Å². The van der Waals surface area contributed by atoms with Crippen molar-refractivity contribution in [2.75, 3.05) is 44.2 Å². The molecule has 2 rings (SSSR count). The van der Waals surface area contributed by atoms with Gasteiger partial charge in [-0.15, -0.1) is 0 Å². The highest BCUT2D eigenvalue weighted by Gasteiger charge is 2.19. The van der Waals surface area contributed by atoms with Crippen molar-refractivity contribution in [3.8, 4) is 0 Å². The summed E-state index contributed by atoms with van der Waals surface area (Å²) in [5.74, 6) is 0. The number of piperazine rings is 1. The van der Waals surface area contributed by atoms with Gasteiger partial charge in [-0.3, -0.25) is 4.90 Å². The van der Waals surface area contributed by atoms with E-state index in [1.807, 2.05) is 0 Å². The van der Waals surface area contributed by atoms with Crippen LogP contribution in [-0.2, 0) is 0 Å². The molecule has 1 aromatic rings. The van der Waals surface area contributed by atoms with Crippen molar-refractivity contribution in [2.24, 2.45) is 5.73 Å². The summed E-state index contributed by atoms with van der Waals surface area (Å²) in [6.45, 7) is 7.19. The second-order valence-electron chi connectivity index (χ2n) is 5.13. The topological polar surface area (TPSA) is 52.7 Å². The van der Waals surface area contributed by atoms with Crippen molar-refractivity contribution in [3.05, 3.63) is 29.8 Å². The van der Waals surface area contributed by atoms with E-state index in [-0.39, 0.29) is 12.6 Å². The molecule has 0 amide bonds. The second-order valence-corrected chi connectivity index (χ2v) is 5.13. The van der Waals surface area contributed by atoms with E-state index in [2.05, 4.69) is 41.0 Å².